The fourth-order valence-electron chi connectivity index (χ4n) is 4.91. The SMILES string of the molecule is CC[C@@H](CN1CC[C@H](CNC(=O)c2ccc3ccccc3c2)N[C@H](CCN)C1=O)c1ccccc1. The van der Waals surface area contributed by atoms with Gasteiger partial charge in [0.25, 0.3) is 5.91 Å². The van der Waals surface area contributed by atoms with E-state index in [0.717, 1.165) is 23.6 Å². The van der Waals surface area contributed by atoms with Crippen LogP contribution >= 0.6 is 0 Å². The number of hydrogen-bond donors (Lipinski definition) is 3. The van der Waals surface area contributed by atoms with Gasteiger partial charge in [0.05, 0.1) is 6.04 Å². The van der Waals surface area contributed by atoms with Crippen LogP contribution in [0.3, 0.4) is 0 Å². The van der Waals surface area contributed by atoms with Gasteiger partial charge < -0.3 is 21.3 Å². The molecule has 0 saturated carbocycles. The van der Waals surface area contributed by atoms with Crippen molar-refractivity contribution in [2.75, 3.05) is 26.2 Å². The Morgan fingerprint density at radius 1 is 1.09 bits per heavy atom. The van der Waals surface area contributed by atoms with E-state index in [2.05, 4.69) is 41.8 Å². The first-order valence-electron chi connectivity index (χ1n) is 12.7. The van der Waals surface area contributed by atoms with E-state index in [0.29, 0.717) is 44.1 Å². The number of nitrogens with one attached hydrogen (secondary N) is 2. The summed E-state index contributed by atoms with van der Waals surface area (Å²) < 4.78 is 0. The third-order valence-corrected chi connectivity index (χ3v) is 6.97. The molecule has 184 valence electrons. The van der Waals surface area contributed by atoms with Gasteiger partial charge in [-0.2, -0.15) is 0 Å². The predicted molar refractivity (Wildman–Crippen MR) is 141 cm³/mol. The van der Waals surface area contributed by atoms with Gasteiger partial charge in [0.1, 0.15) is 0 Å². The lowest BCUT2D eigenvalue weighted by atomic mass is 9.95. The number of amides is 2. The van der Waals surface area contributed by atoms with Crippen molar-refractivity contribution in [1.82, 2.24) is 15.5 Å². The van der Waals surface area contributed by atoms with Gasteiger partial charge in [-0.1, -0.05) is 67.6 Å². The lowest BCUT2D eigenvalue weighted by Gasteiger charge is -2.28. The Morgan fingerprint density at radius 2 is 1.83 bits per heavy atom. The molecular weight excluding hydrogens is 436 g/mol. The molecule has 35 heavy (non-hydrogen) atoms. The van der Waals surface area contributed by atoms with Crippen molar-refractivity contribution in [3.05, 3.63) is 83.9 Å². The summed E-state index contributed by atoms with van der Waals surface area (Å²) in [4.78, 5) is 28.2. The third kappa shape index (κ3) is 6.27. The fourth-order valence-corrected chi connectivity index (χ4v) is 4.91. The zero-order chi connectivity index (χ0) is 24.6. The van der Waals surface area contributed by atoms with Crippen LogP contribution in [-0.2, 0) is 4.79 Å². The lowest BCUT2D eigenvalue weighted by molar-refractivity contribution is -0.133. The Kier molecular flexibility index (Phi) is 8.50. The number of carbonyl (C=O) groups is 2. The van der Waals surface area contributed by atoms with E-state index in [4.69, 9.17) is 5.73 Å². The van der Waals surface area contributed by atoms with Gasteiger partial charge in [-0.05, 0) is 54.3 Å². The molecule has 3 aromatic rings. The molecule has 0 aliphatic carbocycles. The minimum absolute atomic E-state index is 0.00158. The maximum atomic E-state index is 13.4. The average Bonchev–Trinajstić information content (AvgIpc) is 3.04. The average molecular weight is 473 g/mol. The van der Waals surface area contributed by atoms with E-state index in [-0.39, 0.29) is 23.9 Å². The summed E-state index contributed by atoms with van der Waals surface area (Å²) in [6.45, 7) is 4.42. The first kappa shape index (κ1) is 24.9. The van der Waals surface area contributed by atoms with Gasteiger partial charge in [0, 0.05) is 37.2 Å². The third-order valence-electron chi connectivity index (χ3n) is 6.97. The van der Waals surface area contributed by atoms with Crippen LogP contribution in [0, 0.1) is 0 Å². The molecule has 0 unspecified atom stereocenters. The largest absolute Gasteiger partial charge is 0.350 e. The molecule has 0 bridgehead atoms. The Balaban J connectivity index is 1.40. The van der Waals surface area contributed by atoms with E-state index in [1.165, 1.54) is 5.56 Å². The van der Waals surface area contributed by atoms with Gasteiger partial charge >= 0.3 is 0 Å². The molecule has 3 aromatic carbocycles. The molecule has 6 heteroatoms. The molecule has 4 N–H and O–H groups in total. The van der Waals surface area contributed by atoms with Gasteiger partial charge in [0.2, 0.25) is 5.91 Å². The van der Waals surface area contributed by atoms with E-state index in [9.17, 15) is 9.59 Å². The number of hydrogen-bond acceptors (Lipinski definition) is 4. The molecule has 1 aliphatic heterocycles. The molecule has 2 amide bonds. The molecule has 1 aliphatic rings. The quantitative estimate of drug-likeness (QED) is 0.443. The summed E-state index contributed by atoms with van der Waals surface area (Å²) in [5, 5.41) is 8.70. The van der Waals surface area contributed by atoms with Crippen LogP contribution in [-0.4, -0.2) is 55.0 Å². The van der Waals surface area contributed by atoms with Crippen LogP contribution in [0.1, 0.15) is 48.0 Å². The van der Waals surface area contributed by atoms with Crippen molar-refractivity contribution >= 4 is 22.6 Å². The second-order valence-electron chi connectivity index (χ2n) is 9.35. The minimum atomic E-state index is -0.335. The Bertz CT molecular complexity index is 1130. The number of nitrogens with two attached hydrogens (primary N) is 1. The van der Waals surface area contributed by atoms with Crippen molar-refractivity contribution in [2.45, 2.75) is 44.2 Å². The van der Waals surface area contributed by atoms with Crippen LogP contribution in [0.2, 0.25) is 0 Å². The summed E-state index contributed by atoms with van der Waals surface area (Å²) in [6, 6.07) is 23.8. The molecule has 4 rings (SSSR count). The summed E-state index contributed by atoms with van der Waals surface area (Å²) in [6.07, 6.45) is 2.32. The molecule has 1 fully saturated rings. The highest BCUT2D eigenvalue weighted by Gasteiger charge is 2.31. The number of fused-ring (bicyclic) bond motifs is 1. The second kappa shape index (κ2) is 12.0. The van der Waals surface area contributed by atoms with Crippen LogP contribution < -0.4 is 16.4 Å². The number of nitrogens with zero attached hydrogens (tertiary/aromatic N) is 1. The van der Waals surface area contributed by atoms with Crippen molar-refractivity contribution in [3.63, 3.8) is 0 Å². The van der Waals surface area contributed by atoms with Gasteiger partial charge in [-0.15, -0.1) is 0 Å². The van der Waals surface area contributed by atoms with Crippen LogP contribution in [0.25, 0.3) is 10.8 Å². The molecule has 1 saturated heterocycles. The maximum Gasteiger partial charge on any atom is 0.251 e. The van der Waals surface area contributed by atoms with E-state index in [1.807, 2.05) is 53.4 Å². The molecule has 6 nitrogen and oxygen atoms in total. The van der Waals surface area contributed by atoms with E-state index >= 15 is 0 Å². The molecule has 1 heterocycles. The van der Waals surface area contributed by atoms with Crippen LogP contribution in [0.5, 0.6) is 0 Å². The topological polar surface area (TPSA) is 87.5 Å². The molecule has 0 spiro atoms. The Morgan fingerprint density at radius 3 is 2.57 bits per heavy atom. The van der Waals surface area contributed by atoms with Gasteiger partial charge in [-0.25, -0.2) is 0 Å². The summed E-state index contributed by atoms with van der Waals surface area (Å²) in [5.74, 6) is 0.298. The zero-order valence-electron chi connectivity index (χ0n) is 20.5. The van der Waals surface area contributed by atoms with Crippen LogP contribution in [0.4, 0.5) is 0 Å². The van der Waals surface area contributed by atoms with E-state index in [1.54, 1.807) is 0 Å². The van der Waals surface area contributed by atoms with E-state index < -0.39 is 0 Å². The molecule has 0 aromatic heterocycles. The normalized spacial score (nSPS) is 19.4. The van der Waals surface area contributed by atoms with Crippen LogP contribution in [0.15, 0.2) is 72.8 Å². The van der Waals surface area contributed by atoms with Crippen molar-refractivity contribution in [2.24, 2.45) is 5.73 Å². The molecule has 0 radical (unpaired) electrons. The highest BCUT2D eigenvalue weighted by molar-refractivity contribution is 5.98. The van der Waals surface area contributed by atoms with Crippen molar-refractivity contribution in [3.8, 4) is 0 Å². The molecular formula is C29H36N4O2. The van der Waals surface area contributed by atoms with Gasteiger partial charge in [0.15, 0.2) is 0 Å². The van der Waals surface area contributed by atoms with Gasteiger partial charge in [-0.3, -0.25) is 9.59 Å². The number of rotatable bonds is 9. The number of benzene rings is 3. The maximum absolute atomic E-state index is 13.4. The summed E-state index contributed by atoms with van der Waals surface area (Å²) in [5.41, 5.74) is 7.74. The Hall–Kier alpha value is -3.22. The van der Waals surface area contributed by atoms with Crippen molar-refractivity contribution in [1.29, 1.82) is 0 Å². The highest BCUT2D eigenvalue weighted by atomic mass is 16.2. The predicted octanol–water partition coefficient (Wildman–Crippen LogP) is 3.67. The number of carbonyl (C=O) groups excluding carboxylic acids is 2. The highest BCUT2D eigenvalue weighted by Crippen LogP contribution is 2.22. The first-order chi connectivity index (χ1) is 17.1. The first-order valence-corrected chi connectivity index (χ1v) is 12.7. The zero-order valence-corrected chi connectivity index (χ0v) is 20.5. The smallest absolute Gasteiger partial charge is 0.251 e. The summed E-state index contributed by atoms with van der Waals surface area (Å²) >= 11 is 0. The second-order valence-corrected chi connectivity index (χ2v) is 9.35. The molecule has 3 atom stereocenters. The monoisotopic (exact) mass is 472 g/mol. The minimum Gasteiger partial charge on any atom is -0.350 e. The summed E-state index contributed by atoms with van der Waals surface area (Å²) in [7, 11) is 0. The fraction of sp³-hybridized carbons (Fsp3) is 0.379. The lowest BCUT2D eigenvalue weighted by Crippen LogP contribution is -2.49. The van der Waals surface area contributed by atoms with Crippen molar-refractivity contribution < 1.29 is 9.59 Å². The Labute approximate surface area is 207 Å². The standard InChI is InChI=1S/C29H36N4O2/c1-2-21(22-8-4-3-5-9-22)20-33-17-15-26(32-27(14-16-30)29(33)35)19-31-28(34)25-13-12-23-10-6-7-11-24(23)18-25/h3-13,18,21,26-27,32H,2,14-17,19-20,30H2,1H3,(H,31,34)/t21-,26+,27+/m0/s1.